The number of carboxylic acid groups (broad SMARTS) is 1. The Balaban J connectivity index is 1.33. The first-order valence-corrected chi connectivity index (χ1v) is 14.1. The van der Waals surface area contributed by atoms with Crippen molar-refractivity contribution in [3.05, 3.63) is 64.7 Å². The first kappa shape index (κ1) is 28.1. The van der Waals surface area contributed by atoms with E-state index in [-0.39, 0.29) is 11.0 Å². The Bertz CT molecular complexity index is 1300. The third-order valence-electron chi connectivity index (χ3n) is 5.70. The number of halogens is 3. The molecule has 14 heteroatoms. The number of hydrogen-bond donors (Lipinski definition) is 2. The molecule has 4 rings (SSSR count). The number of rotatable bonds is 8. The van der Waals surface area contributed by atoms with E-state index in [0.717, 1.165) is 10.6 Å². The highest BCUT2D eigenvalue weighted by Gasteiger charge is 2.40. The molecule has 1 amide bonds. The highest BCUT2D eigenvalue weighted by Crippen LogP contribution is 2.38. The van der Waals surface area contributed by atoms with Gasteiger partial charge in [0.25, 0.3) is 5.91 Å². The lowest BCUT2D eigenvalue weighted by Crippen LogP contribution is -2.43. The fourth-order valence-corrected chi connectivity index (χ4v) is 5.97. The smallest absolute Gasteiger partial charge is 0.435 e. The number of aromatic carboxylic acids is 1. The van der Waals surface area contributed by atoms with E-state index in [2.05, 4.69) is 14.6 Å². The van der Waals surface area contributed by atoms with E-state index in [4.69, 9.17) is 5.11 Å². The second-order valence-electron chi connectivity index (χ2n) is 8.16. The zero-order valence-corrected chi connectivity index (χ0v) is 22.8. The standard InChI is InChI=1S/C24H24F3N5O3S3/c1-30(36-2)18-6-4-3-5-17(18)21(33)28-15-7-9-16(10-8-15)38-32-13-11-31(12-14-32)23-29-20(24(25,26)27)19(37-23)22(34)35/h3-10H,11-14H2,1-2H3,(H,28,33)(H,34,35). The Hall–Kier alpha value is -2.94. The maximum atomic E-state index is 13.2. The number of nitrogens with one attached hydrogen (secondary N) is 1. The van der Waals surface area contributed by atoms with Gasteiger partial charge in [0.2, 0.25) is 0 Å². The molecule has 1 aliphatic heterocycles. The van der Waals surface area contributed by atoms with Crippen molar-refractivity contribution in [2.45, 2.75) is 11.1 Å². The number of piperazine rings is 1. The van der Waals surface area contributed by atoms with Crippen LogP contribution in [0.4, 0.5) is 29.7 Å². The SMILES string of the molecule is CSN(C)c1ccccc1C(=O)Nc1ccc(SN2CCN(c3nc(C(F)(F)F)c(C(=O)O)s3)CC2)cc1. The lowest BCUT2D eigenvalue weighted by Gasteiger charge is -2.33. The largest absolute Gasteiger partial charge is 0.477 e. The minimum atomic E-state index is -4.82. The Morgan fingerprint density at radius 2 is 1.74 bits per heavy atom. The molecular weight excluding hydrogens is 559 g/mol. The van der Waals surface area contributed by atoms with Gasteiger partial charge in [-0.1, -0.05) is 35.4 Å². The molecule has 0 radical (unpaired) electrons. The average molecular weight is 584 g/mol. The fourth-order valence-electron chi connectivity index (χ4n) is 3.74. The number of thiazole rings is 1. The maximum absolute atomic E-state index is 13.2. The van der Waals surface area contributed by atoms with E-state index in [9.17, 15) is 22.8 Å². The van der Waals surface area contributed by atoms with Crippen LogP contribution in [0.2, 0.25) is 0 Å². The summed E-state index contributed by atoms with van der Waals surface area (Å²) in [6, 6.07) is 14.8. The Morgan fingerprint density at radius 1 is 1.08 bits per heavy atom. The Kier molecular flexibility index (Phi) is 8.75. The molecule has 2 heterocycles. The van der Waals surface area contributed by atoms with E-state index in [0.29, 0.717) is 48.8 Å². The van der Waals surface area contributed by atoms with Gasteiger partial charge < -0.3 is 19.6 Å². The van der Waals surface area contributed by atoms with Crippen LogP contribution in [0.15, 0.2) is 53.4 Å². The van der Waals surface area contributed by atoms with Gasteiger partial charge in [-0.2, -0.15) is 13.2 Å². The minimum absolute atomic E-state index is 0.0600. The predicted molar refractivity (Wildman–Crippen MR) is 146 cm³/mol. The number of para-hydroxylation sites is 1. The summed E-state index contributed by atoms with van der Waals surface area (Å²) in [5.41, 5.74) is 0.687. The van der Waals surface area contributed by atoms with Crippen LogP contribution in [0.3, 0.4) is 0 Å². The molecule has 0 saturated carbocycles. The number of anilines is 3. The van der Waals surface area contributed by atoms with Crippen LogP contribution < -0.4 is 14.5 Å². The summed E-state index contributed by atoms with van der Waals surface area (Å²) in [5, 5.41) is 12.1. The lowest BCUT2D eigenvalue weighted by molar-refractivity contribution is -0.141. The molecule has 1 aliphatic rings. The summed E-state index contributed by atoms with van der Waals surface area (Å²) in [6.45, 7) is 1.92. The van der Waals surface area contributed by atoms with Gasteiger partial charge in [-0.25, -0.2) is 14.1 Å². The van der Waals surface area contributed by atoms with Gasteiger partial charge in [-0.05, 0) is 48.3 Å². The van der Waals surface area contributed by atoms with E-state index in [1.165, 1.54) is 23.9 Å². The number of carbonyl (C=O) groups is 2. The second-order valence-corrected chi connectivity index (χ2v) is 11.2. The van der Waals surface area contributed by atoms with Crippen molar-refractivity contribution in [2.24, 2.45) is 0 Å². The van der Waals surface area contributed by atoms with Crippen LogP contribution in [0.1, 0.15) is 25.7 Å². The van der Waals surface area contributed by atoms with E-state index < -0.39 is 22.7 Å². The fraction of sp³-hybridized carbons (Fsp3) is 0.292. The second kappa shape index (κ2) is 11.8. The predicted octanol–water partition coefficient (Wildman–Crippen LogP) is 5.66. The highest BCUT2D eigenvalue weighted by atomic mass is 32.2. The zero-order chi connectivity index (χ0) is 27.4. The molecule has 38 heavy (non-hydrogen) atoms. The molecule has 1 fully saturated rings. The number of carboxylic acids is 1. The van der Waals surface area contributed by atoms with Gasteiger partial charge in [-0.3, -0.25) is 4.79 Å². The summed E-state index contributed by atoms with van der Waals surface area (Å²) in [7, 11) is 1.90. The molecule has 2 N–H and O–H groups in total. The molecule has 0 bridgehead atoms. The monoisotopic (exact) mass is 583 g/mol. The number of carbonyl (C=O) groups excluding carboxylic acids is 1. The number of amides is 1. The summed E-state index contributed by atoms with van der Waals surface area (Å²) in [4.78, 5) is 29.5. The molecular formula is C24H24F3N5O3S3. The molecule has 0 spiro atoms. The Labute approximate surface area is 230 Å². The van der Waals surface area contributed by atoms with Crippen LogP contribution in [0, 0.1) is 0 Å². The van der Waals surface area contributed by atoms with Crippen molar-refractivity contribution in [2.75, 3.05) is 54.0 Å². The van der Waals surface area contributed by atoms with Crippen molar-refractivity contribution < 1.29 is 27.9 Å². The van der Waals surface area contributed by atoms with E-state index in [1.54, 1.807) is 11.0 Å². The molecule has 8 nitrogen and oxygen atoms in total. The quantitative estimate of drug-likeness (QED) is 0.326. The minimum Gasteiger partial charge on any atom is -0.477 e. The van der Waals surface area contributed by atoms with Crippen molar-refractivity contribution in [3.63, 3.8) is 0 Å². The summed E-state index contributed by atoms with van der Waals surface area (Å²) >= 11 is 3.56. The molecule has 3 aromatic rings. The average Bonchev–Trinajstić information content (AvgIpc) is 3.37. The van der Waals surface area contributed by atoms with Crippen LogP contribution in [0.5, 0.6) is 0 Å². The highest BCUT2D eigenvalue weighted by molar-refractivity contribution is 7.99. The summed E-state index contributed by atoms with van der Waals surface area (Å²) in [5.74, 6) is -1.84. The van der Waals surface area contributed by atoms with Crippen LogP contribution in [-0.4, -0.2) is 65.8 Å². The van der Waals surface area contributed by atoms with Gasteiger partial charge in [0, 0.05) is 50.1 Å². The molecule has 1 aromatic heterocycles. The number of hydrogen-bond acceptors (Lipinski definition) is 9. The number of benzene rings is 2. The van der Waals surface area contributed by atoms with Crippen LogP contribution >= 0.6 is 35.2 Å². The van der Waals surface area contributed by atoms with Crippen molar-refractivity contribution in [3.8, 4) is 0 Å². The maximum Gasteiger partial charge on any atom is 0.435 e. The number of aromatic nitrogens is 1. The van der Waals surface area contributed by atoms with Crippen molar-refractivity contribution >= 4 is 63.6 Å². The van der Waals surface area contributed by atoms with Gasteiger partial charge >= 0.3 is 12.1 Å². The third-order valence-corrected chi connectivity index (χ3v) is 8.65. The molecule has 0 atom stereocenters. The number of alkyl halides is 3. The number of nitrogens with zero attached hydrogens (tertiary/aromatic N) is 4. The van der Waals surface area contributed by atoms with Gasteiger partial charge in [0.15, 0.2) is 10.8 Å². The summed E-state index contributed by atoms with van der Waals surface area (Å²) in [6.07, 6.45) is -2.89. The molecule has 1 saturated heterocycles. The normalized spacial score (nSPS) is 14.4. The van der Waals surface area contributed by atoms with Crippen molar-refractivity contribution in [1.29, 1.82) is 0 Å². The lowest BCUT2D eigenvalue weighted by atomic mass is 10.1. The summed E-state index contributed by atoms with van der Waals surface area (Å²) < 4.78 is 43.5. The molecule has 2 aromatic carbocycles. The zero-order valence-electron chi connectivity index (χ0n) is 20.4. The van der Waals surface area contributed by atoms with Gasteiger partial charge in [0.05, 0.1) is 11.3 Å². The van der Waals surface area contributed by atoms with Crippen LogP contribution in [-0.2, 0) is 6.18 Å². The molecule has 202 valence electrons. The van der Waals surface area contributed by atoms with E-state index >= 15 is 0 Å². The third kappa shape index (κ3) is 6.54. The Morgan fingerprint density at radius 3 is 2.32 bits per heavy atom. The van der Waals surface area contributed by atoms with E-state index in [1.807, 2.05) is 60.1 Å². The van der Waals surface area contributed by atoms with Crippen LogP contribution in [0.25, 0.3) is 0 Å². The topological polar surface area (TPSA) is 89.0 Å². The molecule has 0 aliphatic carbocycles. The van der Waals surface area contributed by atoms with Crippen molar-refractivity contribution in [1.82, 2.24) is 9.29 Å². The van der Waals surface area contributed by atoms with Gasteiger partial charge in [0.1, 0.15) is 4.88 Å². The van der Waals surface area contributed by atoms with Gasteiger partial charge in [-0.15, -0.1) is 0 Å². The first-order chi connectivity index (χ1) is 18.1. The first-order valence-electron chi connectivity index (χ1n) is 11.3. The molecule has 0 unspecified atom stereocenters.